The highest BCUT2D eigenvalue weighted by Crippen LogP contribution is 2.44. The highest BCUT2D eigenvalue weighted by Gasteiger charge is 2.45. The van der Waals surface area contributed by atoms with Gasteiger partial charge in [-0.15, -0.1) is 0 Å². The Morgan fingerprint density at radius 3 is 2.31 bits per heavy atom. The van der Waals surface area contributed by atoms with Crippen LogP contribution >= 0.6 is 0 Å². The van der Waals surface area contributed by atoms with E-state index in [2.05, 4.69) is 33.0 Å². The number of hydrogen-bond donors (Lipinski definition) is 1. The lowest BCUT2D eigenvalue weighted by Gasteiger charge is -2.42. The van der Waals surface area contributed by atoms with Crippen molar-refractivity contribution in [2.24, 2.45) is 17.3 Å². The van der Waals surface area contributed by atoms with E-state index < -0.39 is 0 Å². The van der Waals surface area contributed by atoms with Gasteiger partial charge in [0.15, 0.2) is 0 Å². The highest BCUT2D eigenvalue weighted by molar-refractivity contribution is 5.99. The number of piperidine rings is 1. The maximum Gasteiger partial charge on any atom is 0.230 e. The van der Waals surface area contributed by atoms with Crippen molar-refractivity contribution >= 4 is 11.8 Å². The molecule has 1 saturated heterocycles. The maximum absolute atomic E-state index is 11.9. The molecule has 0 spiro atoms. The predicted octanol–water partition coefficient (Wildman–Crippen LogP) is 2.50. The summed E-state index contributed by atoms with van der Waals surface area (Å²) >= 11 is 0. The first kappa shape index (κ1) is 13.2. The number of imide groups is 1. The van der Waals surface area contributed by atoms with Gasteiger partial charge < -0.3 is 0 Å². The fourth-order valence-electron chi connectivity index (χ4n) is 2.81. The summed E-state index contributed by atoms with van der Waals surface area (Å²) in [7, 11) is 0. The molecule has 1 N–H and O–H groups in total. The lowest BCUT2D eigenvalue weighted by atomic mass is 9.64. The molecule has 92 valence electrons. The molecule has 0 bridgehead atoms. The third-order valence-corrected chi connectivity index (χ3v) is 3.95. The fourth-order valence-corrected chi connectivity index (χ4v) is 2.81. The molecule has 3 heteroatoms. The van der Waals surface area contributed by atoms with E-state index in [1.165, 1.54) is 0 Å². The minimum Gasteiger partial charge on any atom is -0.296 e. The average Bonchev–Trinajstić information content (AvgIpc) is 2.21. The summed E-state index contributed by atoms with van der Waals surface area (Å²) in [6, 6.07) is 0. The number of hydrogen-bond acceptors (Lipinski definition) is 2. The van der Waals surface area contributed by atoms with Crippen LogP contribution in [0, 0.1) is 17.3 Å². The zero-order valence-corrected chi connectivity index (χ0v) is 10.8. The molecular formula is C13H23NO2. The molecular weight excluding hydrogens is 202 g/mol. The second-order valence-electron chi connectivity index (χ2n) is 5.34. The first-order valence-electron chi connectivity index (χ1n) is 6.29. The van der Waals surface area contributed by atoms with Crippen molar-refractivity contribution < 1.29 is 9.59 Å². The van der Waals surface area contributed by atoms with Crippen molar-refractivity contribution in [2.45, 2.75) is 53.4 Å². The maximum atomic E-state index is 11.9. The predicted molar refractivity (Wildman–Crippen MR) is 63.7 cm³/mol. The molecule has 1 heterocycles. The standard InChI is InChI=1S/C13H23NO2/c1-5-13(6-2)8-11(15)14-12(16)10(13)7-9(3)4/h9-10H,5-8H2,1-4H3,(H,14,15,16). The molecule has 16 heavy (non-hydrogen) atoms. The van der Waals surface area contributed by atoms with Crippen molar-refractivity contribution in [1.29, 1.82) is 0 Å². The zero-order valence-electron chi connectivity index (χ0n) is 10.8. The van der Waals surface area contributed by atoms with Crippen LogP contribution in [0.25, 0.3) is 0 Å². The Hall–Kier alpha value is -0.860. The molecule has 0 aliphatic carbocycles. The van der Waals surface area contributed by atoms with Gasteiger partial charge in [0.1, 0.15) is 0 Å². The van der Waals surface area contributed by atoms with Gasteiger partial charge in [0, 0.05) is 12.3 Å². The minimum absolute atomic E-state index is 0.000185. The topological polar surface area (TPSA) is 46.2 Å². The van der Waals surface area contributed by atoms with E-state index in [4.69, 9.17) is 0 Å². The van der Waals surface area contributed by atoms with Gasteiger partial charge in [-0.25, -0.2) is 0 Å². The molecule has 2 amide bonds. The Balaban J connectivity index is 2.97. The summed E-state index contributed by atoms with van der Waals surface area (Å²) in [5.41, 5.74) is -0.107. The molecule has 1 atom stereocenters. The van der Waals surface area contributed by atoms with E-state index in [0.29, 0.717) is 12.3 Å². The van der Waals surface area contributed by atoms with Crippen LogP contribution in [0.2, 0.25) is 0 Å². The summed E-state index contributed by atoms with van der Waals surface area (Å²) in [6.07, 6.45) is 3.18. The van der Waals surface area contributed by atoms with E-state index >= 15 is 0 Å². The number of rotatable bonds is 4. The van der Waals surface area contributed by atoms with Crippen LogP contribution in [-0.2, 0) is 9.59 Å². The van der Waals surface area contributed by atoms with Crippen molar-refractivity contribution in [3.8, 4) is 0 Å². The Bertz CT molecular complexity index is 280. The largest absolute Gasteiger partial charge is 0.296 e. The Labute approximate surface area is 98.0 Å². The van der Waals surface area contributed by atoms with Crippen molar-refractivity contribution in [2.75, 3.05) is 0 Å². The van der Waals surface area contributed by atoms with Gasteiger partial charge in [-0.2, -0.15) is 0 Å². The third-order valence-electron chi connectivity index (χ3n) is 3.95. The van der Waals surface area contributed by atoms with Crippen molar-refractivity contribution in [1.82, 2.24) is 5.32 Å². The second kappa shape index (κ2) is 4.98. The molecule has 3 nitrogen and oxygen atoms in total. The van der Waals surface area contributed by atoms with Gasteiger partial charge in [-0.3, -0.25) is 14.9 Å². The molecule has 0 saturated carbocycles. The van der Waals surface area contributed by atoms with Crippen molar-refractivity contribution in [3.05, 3.63) is 0 Å². The molecule has 1 fully saturated rings. The van der Waals surface area contributed by atoms with Crippen LogP contribution in [0.5, 0.6) is 0 Å². The van der Waals surface area contributed by atoms with Gasteiger partial charge in [-0.05, 0) is 30.6 Å². The SMILES string of the molecule is CCC1(CC)CC(=O)NC(=O)C1CC(C)C. The normalized spacial score (nSPS) is 24.7. The Morgan fingerprint density at radius 2 is 1.88 bits per heavy atom. The third kappa shape index (κ3) is 2.45. The number of nitrogens with one attached hydrogen (secondary N) is 1. The summed E-state index contributed by atoms with van der Waals surface area (Å²) in [5.74, 6) is 0.323. The number of carbonyl (C=O) groups excluding carboxylic acids is 2. The minimum atomic E-state index is -0.107. The summed E-state index contributed by atoms with van der Waals surface area (Å²) < 4.78 is 0. The molecule has 1 aliphatic rings. The smallest absolute Gasteiger partial charge is 0.230 e. The Kier molecular flexibility index (Phi) is 4.11. The molecule has 1 rings (SSSR count). The first-order chi connectivity index (χ1) is 7.45. The number of carbonyl (C=O) groups is 2. The second-order valence-corrected chi connectivity index (χ2v) is 5.34. The van der Waals surface area contributed by atoms with E-state index in [9.17, 15) is 9.59 Å². The van der Waals surface area contributed by atoms with Crippen LogP contribution in [0.4, 0.5) is 0 Å². The summed E-state index contributed by atoms with van der Waals surface area (Å²) in [4.78, 5) is 23.4. The number of amides is 2. The fraction of sp³-hybridized carbons (Fsp3) is 0.846. The lowest BCUT2D eigenvalue weighted by Crippen LogP contribution is -2.52. The first-order valence-corrected chi connectivity index (χ1v) is 6.29. The molecule has 0 aromatic heterocycles. The van der Waals surface area contributed by atoms with Gasteiger partial charge in [0.2, 0.25) is 11.8 Å². The van der Waals surface area contributed by atoms with E-state index in [0.717, 1.165) is 19.3 Å². The van der Waals surface area contributed by atoms with Crippen LogP contribution in [0.15, 0.2) is 0 Å². The highest BCUT2D eigenvalue weighted by atomic mass is 16.2. The van der Waals surface area contributed by atoms with Gasteiger partial charge in [0.05, 0.1) is 0 Å². The van der Waals surface area contributed by atoms with E-state index in [-0.39, 0.29) is 23.1 Å². The van der Waals surface area contributed by atoms with Gasteiger partial charge in [0.25, 0.3) is 0 Å². The summed E-state index contributed by atoms with van der Waals surface area (Å²) in [6.45, 7) is 8.42. The molecule has 0 aromatic rings. The molecule has 1 unspecified atom stereocenters. The lowest BCUT2D eigenvalue weighted by molar-refractivity contribution is -0.145. The van der Waals surface area contributed by atoms with E-state index in [1.54, 1.807) is 0 Å². The molecule has 0 radical (unpaired) electrons. The Morgan fingerprint density at radius 1 is 1.31 bits per heavy atom. The summed E-state index contributed by atoms with van der Waals surface area (Å²) in [5, 5.41) is 2.48. The zero-order chi connectivity index (χ0) is 12.3. The van der Waals surface area contributed by atoms with Crippen LogP contribution in [0.3, 0.4) is 0 Å². The van der Waals surface area contributed by atoms with Crippen LogP contribution in [0.1, 0.15) is 53.4 Å². The quantitative estimate of drug-likeness (QED) is 0.747. The van der Waals surface area contributed by atoms with Gasteiger partial charge >= 0.3 is 0 Å². The monoisotopic (exact) mass is 225 g/mol. The van der Waals surface area contributed by atoms with E-state index in [1.807, 2.05) is 0 Å². The van der Waals surface area contributed by atoms with Gasteiger partial charge in [-0.1, -0.05) is 27.7 Å². The van der Waals surface area contributed by atoms with Crippen molar-refractivity contribution in [3.63, 3.8) is 0 Å². The molecule has 0 aromatic carbocycles. The molecule has 1 aliphatic heterocycles. The average molecular weight is 225 g/mol. The van der Waals surface area contributed by atoms with Crippen LogP contribution < -0.4 is 5.32 Å². The van der Waals surface area contributed by atoms with Crippen LogP contribution in [-0.4, -0.2) is 11.8 Å².